The minimum absolute atomic E-state index is 0.00785. The number of halogens is 6. The van der Waals surface area contributed by atoms with E-state index in [1.54, 1.807) is 45.2 Å². The summed E-state index contributed by atoms with van der Waals surface area (Å²) in [5.74, 6) is -4.67. The molecule has 0 fully saturated rings. The number of carbonyl (C=O) groups is 6. The van der Waals surface area contributed by atoms with Crippen LogP contribution in [0.1, 0.15) is 54.3 Å². The molecule has 67 heavy (non-hydrogen) atoms. The minimum Gasteiger partial charge on any atom is -0.394 e. The second-order valence-electron chi connectivity index (χ2n) is 14.0. The highest BCUT2D eigenvalue weighted by Gasteiger charge is 2.34. The number of carbonyl (C=O) groups excluding carboxylic acids is 6. The number of hydrogen-bond donors (Lipinski definition) is 14. The predicted molar refractivity (Wildman–Crippen MR) is 290 cm³/mol. The van der Waals surface area contributed by atoms with Gasteiger partial charge < -0.3 is 86.9 Å². The number of nitrogens with zero attached hydrogens (tertiary/aromatic N) is 2. The first kappa shape index (κ1) is 62.3. The average Bonchev–Trinajstić information content (AvgIpc) is 3.30. The number of nitrogens with one attached hydrogen (secondary N) is 4. The Bertz CT molecular complexity index is 1830. The standard InChI is InChI=1S/C38H50I6N6O17/c39-27-23(35(63)45-7-17(57)11-51)29(41)33(30(42)24(27)36(64)46-8-18(58)12-52)49(21(61)15-55)3-1-5-67-6-2-4-50(22(62)16-56)34-31(43)25(37(65)47-9-19(59)13-53)28(40)26(32(34)44)38(66)48-10-20(60)14-54/h17-20,51-60H,1-16H2,(H,45,63)(H,46,64)(H,47,65)(H,48,66). The molecule has 0 aromatic heterocycles. The van der Waals surface area contributed by atoms with E-state index in [4.69, 9.17) is 4.74 Å². The zero-order valence-electron chi connectivity index (χ0n) is 35.1. The highest BCUT2D eigenvalue weighted by molar-refractivity contribution is 14.1. The Kier molecular flexibility index (Phi) is 29.4. The number of hydrogen-bond acceptors (Lipinski definition) is 17. The normalized spacial score (nSPS) is 13.0. The van der Waals surface area contributed by atoms with E-state index in [-0.39, 0.29) is 120 Å². The van der Waals surface area contributed by atoms with E-state index in [9.17, 15) is 79.8 Å². The van der Waals surface area contributed by atoms with Crippen molar-refractivity contribution in [1.29, 1.82) is 0 Å². The topological polar surface area (TPSA) is 369 Å². The summed E-state index contributed by atoms with van der Waals surface area (Å²) >= 11 is 10.8. The van der Waals surface area contributed by atoms with Crippen LogP contribution in [0.15, 0.2) is 0 Å². The maximum absolute atomic E-state index is 13.5. The quantitative estimate of drug-likeness (QED) is 0.0317. The molecule has 0 radical (unpaired) electrons. The van der Waals surface area contributed by atoms with Crippen molar-refractivity contribution in [3.63, 3.8) is 0 Å². The van der Waals surface area contributed by atoms with E-state index in [0.29, 0.717) is 0 Å². The fourth-order valence-corrected chi connectivity index (χ4v) is 15.1. The van der Waals surface area contributed by atoms with Crippen molar-refractivity contribution in [1.82, 2.24) is 21.3 Å². The molecule has 0 aliphatic carbocycles. The van der Waals surface area contributed by atoms with Gasteiger partial charge in [-0.25, -0.2) is 0 Å². The van der Waals surface area contributed by atoms with Gasteiger partial charge in [-0.1, -0.05) is 0 Å². The van der Waals surface area contributed by atoms with E-state index >= 15 is 0 Å². The number of ether oxygens (including phenoxy) is 1. The first-order chi connectivity index (χ1) is 31.7. The molecule has 4 unspecified atom stereocenters. The van der Waals surface area contributed by atoms with Gasteiger partial charge in [-0.2, -0.15) is 0 Å². The highest BCUT2D eigenvalue weighted by atomic mass is 127. The molecule has 14 N–H and O–H groups in total. The first-order valence-corrected chi connectivity index (χ1v) is 26.3. The van der Waals surface area contributed by atoms with Crippen LogP contribution in [0, 0.1) is 21.4 Å². The van der Waals surface area contributed by atoms with Crippen LogP contribution in [0.3, 0.4) is 0 Å². The average molecular weight is 1620 g/mol. The molecule has 376 valence electrons. The monoisotopic (exact) mass is 1620 g/mol. The summed E-state index contributed by atoms with van der Waals surface area (Å²) in [6, 6.07) is 0. The van der Waals surface area contributed by atoms with Crippen LogP contribution in [0.25, 0.3) is 0 Å². The summed E-state index contributed by atoms with van der Waals surface area (Å²) in [7, 11) is 0. The van der Waals surface area contributed by atoms with Crippen molar-refractivity contribution in [3.05, 3.63) is 43.7 Å². The summed E-state index contributed by atoms with van der Waals surface area (Å²) in [5.41, 5.74) is -0.108. The van der Waals surface area contributed by atoms with Crippen molar-refractivity contribution >= 4 is 182 Å². The van der Waals surface area contributed by atoms with Crippen LogP contribution in [0.5, 0.6) is 0 Å². The van der Waals surface area contributed by atoms with Crippen molar-refractivity contribution in [2.24, 2.45) is 0 Å². The fraction of sp³-hybridized carbons (Fsp3) is 0.526. The van der Waals surface area contributed by atoms with Gasteiger partial charge in [0.1, 0.15) is 13.2 Å². The van der Waals surface area contributed by atoms with E-state index in [1.807, 2.05) is 90.4 Å². The lowest BCUT2D eigenvalue weighted by molar-refractivity contribution is -0.122. The van der Waals surface area contributed by atoms with Gasteiger partial charge in [0.2, 0.25) is 0 Å². The van der Waals surface area contributed by atoms with Crippen LogP contribution in [-0.2, 0) is 14.3 Å². The zero-order valence-corrected chi connectivity index (χ0v) is 48.1. The second kappa shape index (κ2) is 31.6. The van der Waals surface area contributed by atoms with Crippen molar-refractivity contribution in [2.75, 3.05) is 102 Å². The predicted octanol–water partition coefficient (Wildman–Crippen LogP) is -2.21. The molecule has 23 nitrogen and oxygen atoms in total. The van der Waals surface area contributed by atoms with E-state index in [1.165, 1.54) is 9.80 Å². The van der Waals surface area contributed by atoms with Crippen LogP contribution in [0.4, 0.5) is 11.4 Å². The van der Waals surface area contributed by atoms with Crippen molar-refractivity contribution in [3.8, 4) is 0 Å². The number of rotatable bonds is 28. The third kappa shape index (κ3) is 17.7. The molecule has 0 heterocycles. The Morgan fingerprint density at radius 3 is 0.881 bits per heavy atom. The van der Waals surface area contributed by atoms with Crippen LogP contribution < -0.4 is 31.1 Å². The van der Waals surface area contributed by atoms with Crippen LogP contribution in [-0.4, -0.2) is 203 Å². The molecular formula is C38H50I6N6O17. The fourth-order valence-electron chi connectivity index (χ4n) is 5.67. The van der Waals surface area contributed by atoms with Crippen LogP contribution in [0.2, 0.25) is 0 Å². The van der Waals surface area contributed by atoms with Gasteiger partial charge in [-0.15, -0.1) is 0 Å². The Morgan fingerprint density at radius 1 is 0.433 bits per heavy atom. The molecule has 0 saturated carbocycles. The number of aliphatic hydroxyl groups excluding tert-OH is 10. The molecule has 4 atom stereocenters. The largest absolute Gasteiger partial charge is 0.394 e. The molecule has 0 aliphatic heterocycles. The molecule has 0 spiro atoms. The Labute approximate surface area is 465 Å². The maximum Gasteiger partial charge on any atom is 0.253 e. The SMILES string of the molecule is O=C(NCC(O)CO)c1c(I)c(C(=O)NCC(O)CO)c(I)c(N(CCCOCCCN(C(=O)CO)c2c(I)c(C(=O)NCC(O)CO)c(I)c(C(=O)NCC(O)CO)c2I)C(=O)CO)c1I. The molecular weight excluding hydrogens is 1570 g/mol. The third-order valence-corrected chi connectivity index (χ3v) is 15.4. The van der Waals surface area contributed by atoms with Crippen LogP contribution >= 0.6 is 136 Å². The summed E-state index contributed by atoms with van der Waals surface area (Å²) in [5, 5.41) is 107. The molecule has 2 aromatic rings. The highest BCUT2D eigenvalue weighted by Crippen LogP contribution is 2.40. The summed E-state index contributed by atoms with van der Waals surface area (Å²) in [4.78, 5) is 83.2. The zero-order chi connectivity index (χ0) is 50.7. The van der Waals surface area contributed by atoms with E-state index in [2.05, 4.69) is 21.3 Å². The summed E-state index contributed by atoms with van der Waals surface area (Å²) < 4.78 is 6.90. The van der Waals surface area contributed by atoms with Gasteiger partial charge in [0.05, 0.1) is 98.8 Å². The van der Waals surface area contributed by atoms with Gasteiger partial charge in [0.15, 0.2) is 0 Å². The molecule has 0 bridgehead atoms. The number of anilines is 2. The number of aliphatic hydroxyl groups is 10. The Morgan fingerprint density at radius 2 is 0.672 bits per heavy atom. The van der Waals surface area contributed by atoms with Gasteiger partial charge in [0, 0.05) is 59.6 Å². The van der Waals surface area contributed by atoms with Gasteiger partial charge in [-0.3, -0.25) is 28.8 Å². The number of benzene rings is 2. The lowest BCUT2D eigenvalue weighted by Crippen LogP contribution is -2.40. The molecule has 2 aromatic carbocycles. The van der Waals surface area contributed by atoms with Gasteiger partial charge >= 0.3 is 0 Å². The molecule has 29 heteroatoms. The molecule has 2 rings (SSSR count). The molecule has 0 aliphatic rings. The van der Waals surface area contributed by atoms with E-state index in [0.717, 1.165) is 0 Å². The van der Waals surface area contributed by atoms with Crippen molar-refractivity contribution < 1.29 is 84.6 Å². The van der Waals surface area contributed by atoms with Crippen molar-refractivity contribution in [2.45, 2.75) is 37.3 Å². The summed E-state index contributed by atoms with van der Waals surface area (Å²) in [6.45, 7) is -6.22. The minimum atomic E-state index is -1.30. The van der Waals surface area contributed by atoms with E-state index < -0.39 is 99.5 Å². The first-order valence-electron chi connectivity index (χ1n) is 19.8. The lowest BCUT2D eigenvalue weighted by atomic mass is 10.1. The molecule has 6 amide bonds. The maximum atomic E-state index is 13.5. The second-order valence-corrected chi connectivity index (χ2v) is 20.5. The van der Waals surface area contributed by atoms with Gasteiger partial charge in [-0.05, 0) is 148 Å². The lowest BCUT2D eigenvalue weighted by Gasteiger charge is -2.28. The Balaban J connectivity index is 2.47. The summed E-state index contributed by atoms with van der Waals surface area (Å²) in [6.07, 6.45) is -4.97. The molecule has 0 saturated heterocycles. The Hall–Kier alpha value is -0.800. The smallest absolute Gasteiger partial charge is 0.253 e. The third-order valence-electron chi connectivity index (χ3n) is 9.09. The van der Waals surface area contributed by atoms with Gasteiger partial charge in [0.25, 0.3) is 35.4 Å². The number of amides is 6.